The molecule has 6 nitrogen and oxygen atoms in total. The Morgan fingerprint density at radius 2 is 1.92 bits per heavy atom. The van der Waals surface area contributed by atoms with Crippen LogP contribution in [0.5, 0.6) is 0 Å². The van der Waals surface area contributed by atoms with Crippen molar-refractivity contribution >= 4 is 5.91 Å². The normalized spacial score (nSPS) is 22.1. The Balaban J connectivity index is 1.96. The van der Waals surface area contributed by atoms with Gasteiger partial charge < -0.3 is 15.3 Å². The Hall–Kier alpha value is -1.53. The Morgan fingerprint density at radius 1 is 1.29 bits per heavy atom. The zero-order valence-electron chi connectivity index (χ0n) is 15.5. The SMILES string of the molecule is Cc1cc(C)nc(CNCC2(O)CCCN(CC(C)(C)C)C2=O)n1. The van der Waals surface area contributed by atoms with E-state index in [9.17, 15) is 9.90 Å². The molecule has 1 unspecified atom stereocenters. The molecule has 6 heteroatoms. The van der Waals surface area contributed by atoms with Crippen molar-refractivity contribution in [3.63, 3.8) is 0 Å². The van der Waals surface area contributed by atoms with Gasteiger partial charge in [0.05, 0.1) is 6.54 Å². The second-order valence-corrected chi connectivity index (χ2v) is 8.09. The quantitative estimate of drug-likeness (QED) is 0.855. The molecule has 0 bridgehead atoms. The minimum Gasteiger partial charge on any atom is -0.379 e. The molecule has 1 aliphatic rings. The Bertz CT molecular complexity index is 577. The molecule has 0 spiro atoms. The highest BCUT2D eigenvalue weighted by Gasteiger charge is 2.42. The number of aliphatic hydroxyl groups is 1. The highest BCUT2D eigenvalue weighted by molar-refractivity contribution is 5.86. The molecule has 1 aliphatic heterocycles. The summed E-state index contributed by atoms with van der Waals surface area (Å²) in [6.07, 6.45) is 1.31. The van der Waals surface area contributed by atoms with Crippen LogP contribution in [-0.2, 0) is 11.3 Å². The fraction of sp³-hybridized carbons (Fsp3) is 0.722. The number of aryl methyl sites for hydroxylation is 2. The summed E-state index contributed by atoms with van der Waals surface area (Å²) >= 11 is 0. The van der Waals surface area contributed by atoms with Crippen LogP contribution in [0.1, 0.15) is 50.8 Å². The van der Waals surface area contributed by atoms with Gasteiger partial charge in [-0.3, -0.25) is 4.79 Å². The van der Waals surface area contributed by atoms with Crippen LogP contribution in [0.25, 0.3) is 0 Å². The summed E-state index contributed by atoms with van der Waals surface area (Å²) in [5.74, 6) is 0.517. The van der Waals surface area contributed by atoms with Gasteiger partial charge in [-0.1, -0.05) is 20.8 Å². The lowest BCUT2D eigenvalue weighted by Gasteiger charge is -2.40. The number of carbonyl (C=O) groups excluding carboxylic acids is 1. The van der Waals surface area contributed by atoms with Crippen molar-refractivity contribution in [1.82, 2.24) is 20.2 Å². The second kappa shape index (κ2) is 7.15. The standard InChI is InChI=1S/C18H30N4O2/c1-13-9-14(2)21-15(20-13)10-19-11-18(24)7-6-8-22(16(18)23)12-17(3,4)5/h9,19,24H,6-8,10-12H2,1-5H3. The monoisotopic (exact) mass is 334 g/mol. The number of hydrogen-bond donors (Lipinski definition) is 2. The molecular weight excluding hydrogens is 304 g/mol. The number of nitrogens with one attached hydrogen (secondary N) is 1. The van der Waals surface area contributed by atoms with Crippen molar-refractivity contribution in [2.24, 2.45) is 5.41 Å². The minimum absolute atomic E-state index is 0.0221. The van der Waals surface area contributed by atoms with Gasteiger partial charge in [0, 0.05) is 31.0 Å². The van der Waals surface area contributed by atoms with Crippen LogP contribution in [0.3, 0.4) is 0 Å². The molecule has 1 fully saturated rings. The van der Waals surface area contributed by atoms with Crippen LogP contribution in [0, 0.1) is 19.3 Å². The second-order valence-electron chi connectivity index (χ2n) is 8.09. The molecule has 2 rings (SSSR count). The van der Waals surface area contributed by atoms with Crippen molar-refractivity contribution in [2.45, 2.75) is 59.6 Å². The first-order chi connectivity index (χ1) is 11.1. The van der Waals surface area contributed by atoms with Crippen molar-refractivity contribution < 1.29 is 9.90 Å². The number of aromatic nitrogens is 2. The molecule has 1 saturated heterocycles. The molecule has 1 aromatic heterocycles. The van der Waals surface area contributed by atoms with Gasteiger partial charge >= 0.3 is 0 Å². The summed E-state index contributed by atoms with van der Waals surface area (Å²) in [4.78, 5) is 23.2. The topological polar surface area (TPSA) is 78.4 Å². The first kappa shape index (κ1) is 18.8. The van der Waals surface area contributed by atoms with Crippen molar-refractivity contribution in [2.75, 3.05) is 19.6 Å². The zero-order valence-corrected chi connectivity index (χ0v) is 15.5. The molecule has 2 heterocycles. The lowest BCUT2D eigenvalue weighted by atomic mass is 9.88. The Morgan fingerprint density at radius 3 is 2.50 bits per heavy atom. The molecule has 0 saturated carbocycles. The molecule has 0 aliphatic carbocycles. The molecule has 0 aromatic carbocycles. The number of hydrogen-bond acceptors (Lipinski definition) is 5. The van der Waals surface area contributed by atoms with Gasteiger partial charge in [-0.2, -0.15) is 0 Å². The first-order valence-electron chi connectivity index (χ1n) is 8.63. The third-order valence-corrected chi connectivity index (χ3v) is 4.10. The summed E-state index contributed by atoms with van der Waals surface area (Å²) in [5.41, 5.74) is 0.530. The summed E-state index contributed by atoms with van der Waals surface area (Å²) in [5, 5.41) is 14.0. The lowest BCUT2D eigenvalue weighted by molar-refractivity contribution is -0.158. The van der Waals surface area contributed by atoms with Crippen LogP contribution in [-0.4, -0.2) is 51.1 Å². The molecule has 134 valence electrons. The van der Waals surface area contributed by atoms with Crippen molar-refractivity contribution in [1.29, 1.82) is 0 Å². The lowest BCUT2D eigenvalue weighted by Crippen LogP contribution is -2.59. The third-order valence-electron chi connectivity index (χ3n) is 4.10. The van der Waals surface area contributed by atoms with Gasteiger partial charge in [0.1, 0.15) is 5.82 Å². The number of amides is 1. The fourth-order valence-corrected chi connectivity index (χ4v) is 3.21. The molecule has 2 N–H and O–H groups in total. The minimum atomic E-state index is -1.33. The number of carbonyl (C=O) groups is 1. The van der Waals surface area contributed by atoms with E-state index < -0.39 is 5.60 Å². The molecular formula is C18H30N4O2. The van der Waals surface area contributed by atoms with E-state index in [-0.39, 0.29) is 17.9 Å². The van der Waals surface area contributed by atoms with Crippen LogP contribution in [0.2, 0.25) is 0 Å². The largest absolute Gasteiger partial charge is 0.379 e. The highest BCUT2D eigenvalue weighted by atomic mass is 16.3. The number of likely N-dealkylation sites (tertiary alicyclic amines) is 1. The number of rotatable bonds is 5. The van der Waals surface area contributed by atoms with Crippen LogP contribution < -0.4 is 5.32 Å². The van der Waals surface area contributed by atoms with Gasteiger partial charge in [-0.05, 0) is 38.2 Å². The predicted octanol–water partition coefficient (Wildman–Crippen LogP) is 1.58. The van der Waals surface area contributed by atoms with E-state index in [1.54, 1.807) is 4.90 Å². The van der Waals surface area contributed by atoms with Crippen LogP contribution in [0.4, 0.5) is 0 Å². The summed E-state index contributed by atoms with van der Waals surface area (Å²) in [6, 6.07) is 1.92. The fourth-order valence-electron chi connectivity index (χ4n) is 3.21. The molecule has 0 radical (unpaired) electrons. The highest BCUT2D eigenvalue weighted by Crippen LogP contribution is 2.25. The summed E-state index contributed by atoms with van der Waals surface area (Å²) < 4.78 is 0. The van der Waals surface area contributed by atoms with Gasteiger partial charge in [-0.15, -0.1) is 0 Å². The van der Waals surface area contributed by atoms with E-state index in [1.807, 2.05) is 19.9 Å². The number of nitrogens with zero attached hydrogens (tertiary/aromatic N) is 3. The summed E-state index contributed by atoms with van der Waals surface area (Å²) in [7, 11) is 0. The molecule has 1 amide bonds. The molecule has 1 atom stereocenters. The Kier molecular flexibility index (Phi) is 5.60. The zero-order chi connectivity index (χ0) is 18.0. The Labute approximate surface area is 144 Å². The van der Waals surface area contributed by atoms with Gasteiger partial charge in [0.15, 0.2) is 5.60 Å². The van der Waals surface area contributed by atoms with E-state index in [1.165, 1.54) is 0 Å². The maximum Gasteiger partial charge on any atom is 0.255 e. The molecule has 24 heavy (non-hydrogen) atoms. The smallest absolute Gasteiger partial charge is 0.255 e. The van der Waals surface area contributed by atoms with Gasteiger partial charge in [-0.25, -0.2) is 9.97 Å². The van der Waals surface area contributed by atoms with Gasteiger partial charge in [0.25, 0.3) is 5.91 Å². The maximum atomic E-state index is 12.7. The predicted molar refractivity (Wildman–Crippen MR) is 93.4 cm³/mol. The average Bonchev–Trinajstić information content (AvgIpc) is 2.42. The summed E-state index contributed by atoms with van der Waals surface area (Å²) in [6.45, 7) is 12.2. The van der Waals surface area contributed by atoms with Gasteiger partial charge in [0.2, 0.25) is 0 Å². The number of piperidine rings is 1. The van der Waals surface area contributed by atoms with E-state index >= 15 is 0 Å². The molecule has 1 aromatic rings. The van der Waals surface area contributed by atoms with E-state index in [2.05, 4.69) is 36.1 Å². The van der Waals surface area contributed by atoms with Crippen molar-refractivity contribution in [3.05, 3.63) is 23.3 Å². The van der Waals surface area contributed by atoms with Crippen LogP contribution >= 0.6 is 0 Å². The van der Waals surface area contributed by atoms with E-state index in [0.29, 0.717) is 25.3 Å². The average molecular weight is 334 g/mol. The van der Waals surface area contributed by atoms with E-state index in [4.69, 9.17) is 0 Å². The first-order valence-corrected chi connectivity index (χ1v) is 8.63. The van der Waals surface area contributed by atoms with E-state index in [0.717, 1.165) is 24.4 Å². The van der Waals surface area contributed by atoms with Crippen LogP contribution in [0.15, 0.2) is 6.07 Å². The van der Waals surface area contributed by atoms with Crippen molar-refractivity contribution in [3.8, 4) is 0 Å². The maximum absolute atomic E-state index is 12.7. The third kappa shape index (κ3) is 4.98.